The molecule has 0 fully saturated rings. The van der Waals surface area contributed by atoms with Crippen molar-refractivity contribution in [2.24, 2.45) is 0 Å². The predicted octanol–water partition coefficient (Wildman–Crippen LogP) is 5.78. The summed E-state index contributed by atoms with van der Waals surface area (Å²) in [6.45, 7) is 0.803. The van der Waals surface area contributed by atoms with Crippen LogP contribution in [0.1, 0.15) is 0 Å². The normalized spacial score (nSPS) is 14.3. The maximum atomic E-state index is 6.57. The Morgan fingerprint density at radius 2 is 1.31 bits per heavy atom. The third kappa shape index (κ3) is 3.79. The standard InChI is InChI=1S/C37H29GeN3O/c1-40-26-41(36-20-9-8-19-35(36)40)29-16-10-17-30(24-29)42-31-21-22-33-32(25-31)37-34(18-11-23-39-37)38(33,27-12-4-2-5-13-27)28-14-6-3-7-15-28/h2-25H,26H2,1H3. The minimum atomic E-state index is -3.26. The fourth-order valence-electron chi connectivity index (χ4n) is 6.79. The summed E-state index contributed by atoms with van der Waals surface area (Å²) in [4.78, 5) is 9.56. The van der Waals surface area contributed by atoms with Crippen LogP contribution in [0.25, 0.3) is 11.3 Å². The zero-order valence-corrected chi connectivity index (χ0v) is 25.4. The number of rotatable bonds is 5. The van der Waals surface area contributed by atoms with Crippen LogP contribution in [0.4, 0.5) is 17.1 Å². The van der Waals surface area contributed by atoms with Crippen LogP contribution in [0, 0.1) is 0 Å². The second-order valence-corrected chi connectivity index (χ2v) is 18.8. The van der Waals surface area contributed by atoms with E-state index in [9.17, 15) is 0 Å². The minimum absolute atomic E-state index is 0.803. The molecule has 0 unspecified atom stereocenters. The molecule has 202 valence electrons. The van der Waals surface area contributed by atoms with E-state index in [1.54, 1.807) is 0 Å². The van der Waals surface area contributed by atoms with Gasteiger partial charge in [0.15, 0.2) is 0 Å². The Balaban J connectivity index is 1.22. The number of hydrogen-bond acceptors (Lipinski definition) is 4. The van der Waals surface area contributed by atoms with Gasteiger partial charge in [-0.3, -0.25) is 0 Å². The topological polar surface area (TPSA) is 28.6 Å². The molecular formula is C37H29GeN3O. The first-order valence-corrected chi connectivity index (χ1v) is 18.5. The van der Waals surface area contributed by atoms with Crippen molar-refractivity contribution in [1.29, 1.82) is 0 Å². The van der Waals surface area contributed by atoms with Crippen molar-refractivity contribution in [3.63, 3.8) is 0 Å². The molecule has 0 bridgehead atoms. The van der Waals surface area contributed by atoms with Gasteiger partial charge in [-0.05, 0) is 0 Å². The fourth-order valence-corrected chi connectivity index (χ4v) is 17.5. The Bertz CT molecular complexity index is 1890. The summed E-state index contributed by atoms with van der Waals surface area (Å²) in [5.74, 6) is 1.64. The molecule has 1 aromatic heterocycles. The van der Waals surface area contributed by atoms with E-state index in [1.807, 2.05) is 12.3 Å². The summed E-state index contributed by atoms with van der Waals surface area (Å²) in [6, 6.07) is 50.1. The van der Waals surface area contributed by atoms with Gasteiger partial charge in [-0.1, -0.05) is 6.07 Å². The first-order chi connectivity index (χ1) is 20.7. The van der Waals surface area contributed by atoms with Gasteiger partial charge in [0.05, 0.1) is 0 Å². The van der Waals surface area contributed by atoms with Crippen LogP contribution < -0.4 is 32.1 Å². The second-order valence-electron chi connectivity index (χ2n) is 10.9. The summed E-state index contributed by atoms with van der Waals surface area (Å²) in [7, 11) is 2.13. The Labute approximate surface area is 248 Å². The molecule has 2 aliphatic rings. The quantitative estimate of drug-likeness (QED) is 0.233. The molecule has 42 heavy (non-hydrogen) atoms. The zero-order valence-electron chi connectivity index (χ0n) is 23.3. The average molecular weight is 604 g/mol. The van der Waals surface area contributed by atoms with Gasteiger partial charge in [-0.2, -0.15) is 0 Å². The van der Waals surface area contributed by atoms with Crippen LogP contribution >= 0.6 is 0 Å². The molecule has 8 rings (SSSR count). The number of para-hydroxylation sites is 2. The molecule has 0 spiro atoms. The molecule has 5 aromatic carbocycles. The average Bonchev–Trinajstić information content (AvgIpc) is 3.55. The molecular weight excluding hydrogens is 575 g/mol. The van der Waals surface area contributed by atoms with Gasteiger partial charge in [-0.25, -0.2) is 0 Å². The van der Waals surface area contributed by atoms with E-state index in [-0.39, 0.29) is 0 Å². The van der Waals surface area contributed by atoms with Gasteiger partial charge in [0, 0.05) is 0 Å². The van der Waals surface area contributed by atoms with Crippen LogP contribution in [0.15, 0.2) is 146 Å². The Kier molecular flexibility index (Phi) is 5.90. The van der Waals surface area contributed by atoms with Crippen LogP contribution in [0.3, 0.4) is 0 Å². The molecule has 0 saturated carbocycles. The van der Waals surface area contributed by atoms with Crippen LogP contribution in [-0.4, -0.2) is 32.0 Å². The number of anilines is 3. The summed E-state index contributed by atoms with van der Waals surface area (Å²) < 4.78 is 12.2. The van der Waals surface area contributed by atoms with E-state index < -0.39 is 13.3 Å². The van der Waals surface area contributed by atoms with E-state index in [0.29, 0.717) is 0 Å². The molecule has 4 nitrogen and oxygen atoms in total. The predicted molar refractivity (Wildman–Crippen MR) is 175 cm³/mol. The molecule has 0 saturated heterocycles. The summed E-state index contributed by atoms with van der Waals surface area (Å²) in [6.07, 6.45) is 1.92. The van der Waals surface area contributed by atoms with Gasteiger partial charge in [0.2, 0.25) is 0 Å². The van der Waals surface area contributed by atoms with Crippen molar-refractivity contribution in [3.8, 4) is 22.8 Å². The van der Waals surface area contributed by atoms with Crippen molar-refractivity contribution in [2.75, 3.05) is 23.5 Å². The molecule has 0 radical (unpaired) electrons. The van der Waals surface area contributed by atoms with E-state index >= 15 is 0 Å². The van der Waals surface area contributed by atoms with E-state index in [1.165, 1.54) is 34.5 Å². The molecule has 0 aliphatic carbocycles. The van der Waals surface area contributed by atoms with Gasteiger partial charge in [0.25, 0.3) is 0 Å². The first kappa shape index (κ1) is 24.9. The first-order valence-electron chi connectivity index (χ1n) is 14.3. The number of fused-ring (bicyclic) bond motifs is 4. The Morgan fingerprint density at radius 1 is 0.619 bits per heavy atom. The Morgan fingerprint density at radius 3 is 2.07 bits per heavy atom. The van der Waals surface area contributed by atoms with Gasteiger partial charge in [-0.15, -0.1) is 0 Å². The monoisotopic (exact) mass is 605 g/mol. The second kappa shape index (κ2) is 9.93. The van der Waals surface area contributed by atoms with Crippen molar-refractivity contribution in [1.82, 2.24) is 4.98 Å². The fraction of sp³-hybridized carbons (Fsp3) is 0.0541. The van der Waals surface area contributed by atoms with Gasteiger partial charge < -0.3 is 0 Å². The van der Waals surface area contributed by atoms with Crippen molar-refractivity contribution in [2.45, 2.75) is 0 Å². The van der Waals surface area contributed by atoms with Crippen molar-refractivity contribution in [3.05, 3.63) is 146 Å². The summed E-state index contributed by atoms with van der Waals surface area (Å²) >= 11 is -3.26. The number of hydrogen-bond donors (Lipinski definition) is 0. The third-order valence-corrected chi connectivity index (χ3v) is 18.8. The van der Waals surface area contributed by atoms with Crippen LogP contribution in [0.2, 0.25) is 0 Å². The number of ether oxygens (including phenoxy) is 1. The number of aromatic nitrogens is 1. The number of nitrogens with zero attached hydrogens (tertiary/aromatic N) is 3. The van der Waals surface area contributed by atoms with E-state index in [0.717, 1.165) is 29.5 Å². The van der Waals surface area contributed by atoms with Crippen LogP contribution in [0.5, 0.6) is 11.5 Å². The number of benzene rings is 5. The molecule has 6 aromatic rings. The summed E-state index contributed by atoms with van der Waals surface area (Å²) in [5.41, 5.74) is 5.82. The molecule has 0 N–H and O–H groups in total. The van der Waals surface area contributed by atoms with Crippen LogP contribution in [-0.2, 0) is 0 Å². The molecule has 3 heterocycles. The van der Waals surface area contributed by atoms with Gasteiger partial charge >= 0.3 is 244 Å². The SMILES string of the molecule is CN1CN(c2cccc(Oc3cc[c]4c(c3)-c3nccc[c]3[Ge]4([c]3ccccc3)[c]3ccccc3)c2)c2ccccc21. The third-order valence-electron chi connectivity index (χ3n) is 8.58. The molecule has 2 aliphatic heterocycles. The van der Waals surface area contributed by atoms with Crippen molar-refractivity contribution < 1.29 is 4.74 Å². The number of pyridine rings is 1. The Hall–Kier alpha value is -4.81. The molecule has 5 heteroatoms. The van der Waals surface area contributed by atoms with E-state index in [2.05, 4.69) is 150 Å². The summed E-state index contributed by atoms with van der Waals surface area (Å²) in [5, 5.41) is 0. The molecule has 0 amide bonds. The van der Waals surface area contributed by atoms with E-state index in [4.69, 9.17) is 9.72 Å². The van der Waals surface area contributed by atoms with Gasteiger partial charge in [0.1, 0.15) is 0 Å². The molecule has 0 atom stereocenters. The maximum absolute atomic E-state index is 6.57. The van der Waals surface area contributed by atoms with Crippen molar-refractivity contribution >= 4 is 47.9 Å². The zero-order chi connectivity index (χ0) is 28.1.